The SMILES string of the molecule is O=C(OCC(=O)c1ccc(Cl)cc1Cl)c1ccc(Cl)cc1. The fourth-order valence-electron chi connectivity index (χ4n) is 1.59. The van der Waals surface area contributed by atoms with Gasteiger partial charge in [-0.25, -0.2) is 4.79 Å². The van der Waals surface area contributed by atoms with E-state index in [0.717, 1.165) is 0 Å². The molecule has 0 saturated heterocycles. The molecule has 0 aliphatic carbocycles. The van der Waals surface area contributed by atoms with Crippen molar-refractivity contribution in [2.24, 2.45) is 0 Å². The molecule has 2 aromatic carbocycles. The van der Waals surface area contributed by atoms with Gasteiger partial charge >= 0.3 is 5.97 Å². The number of esters is 1. The molecule has 0 fully saturated rings. The second kappa shape index (κ2) is 6.94. The van der Waals surface area contributed by atoms with Gasteiger partial charge in [-0.1, -0.05) is 34.8 Å². The molecule has 0 aliphatic rings. The van der Waals surface area contributed by atoms with Crippen LogP contribution >= 0.6 is 34.8 Å². The summed E-state index contributed by atoms with van der Waals surface area (Å²) in [6.07, 6.45) is 0. The summed E-state index contributed by atoms with van der Waals surface area (Å²) < 4.78 is 4.95. The zero-order valence-electron chi connectivity index (χ0n) is 10.6. The summed E-state index contributed by atoms with van der Waals surface area (Å²) in [5.41, 5.74) is 0.569. The van der Waals surface area contributed by atoms with Crippen LogP contribution in [0.25, 0.3) is 0 Å². The number of halogens is 3. The summed E-state index contributed by atoms with van der Waals surface area (Å²) in [5.74, 6) is -1.01. The topological polar surface area (TPSA) is 43.4 Å². The lowest BCUT2D eigenvalue weighted by Crippen LogP contribution is -2.14. The molecule has 0 saturated carbocycles. The van der Waals surface area contributed by atoms with Crippen molar-refractivity contribution in [2.45, 2.75) is 0 Å². The molecule has 108 valence electrons. The van der Waals surface area contributed by atoms with Crippen LogP contribution in [0.15, 0.2) is 42.5 Å². The summed E-state index contributed by atoms with van der Waals surface area (Å²) in [6.45, 7) is -0.400. The van der Waals surface area contributed by atoms with Crippen molar-refractivity contribution in [3.63, 3.8) is 0 Å². The highest BCUT2D eigenvalue weighted by Gasteiger charge is 2.14. The van der Waals surface area contributed by atoms with Crippen LogP contribution in [0.2, 0.25) is 15.1 Å². The van der Waals surface area contributed by atoms with Crippen LogP contribution in [0.5, 0.6) is 0 Å². The fraction of sp³-hybridized carbons (Fsp3) is 0.0667. The van der Waals surface area contributed by atoms with Crippen molar-refractivity contribution in [1.82, 2.24) is 0 Å². The van der Waals surface area contributed by atoms with Crippen LogP contribution in [0.1, 0.15) is 20.7 Å². The molecule has 0 heterocycles. The molecule has 0 aromatic heterocycles. The molecular formula is C15H9Cl3O3. The molecule has 0 amide bonds. The maximum Gasteiger partial charge on any atom is 0.338 e. The number of hydrogen-bond donors (Lipinski definition) is 0. The van der Waals surface area contributed by atoms with Gasteiger partial charge < -0.3 is 4.74 Å². The van der Waals surface area contributed by atoms with Crippen LogP contribution in [0.4, 0.5) is 0 Å². The van der Waals surface area contributed by atoms with Crippen LogP contribution in [0, 0.1) is 0 Å². The van der Waals surface area contributed by atoms with Gasteiger partial charge in [0.2, 0.25) is 5.78 Å². The Morgan fingerprint density at radius 3 is 2.14 bits per heavy atom. The molecule has 0 spiro atoms. The first-order valence-corrected chi connectivity index (χ1v) is 7.01. The minimum atomic E-state index is -0.606. The first-order chi connectivity index (χ1) is 9.97. The van der Waals surface area contributed by atoms with Gasteiger partial charge in [-0.15, -0.1) is 0 Å². The molecule has 0 radical (unpaired) electrons. The van der Waals surface area contributed by atoms with Crippen LogP contribution in [0.3, 0.4) is 0 Å². The van der Waals surface area contributed by atoms with Gasteiger partial charge in [0.25, 0.3) is 0 Å². The van der Waals surface area contributed by atoms with E-state index in [1.54, 1.807) is 18.2 Å². The number of rotatable bonds is 4. The third-order valence-corrected chi connectivity index (χ3v) is 3.45. The van der Waals surface area contributed by atoms with E-state index in [4.69, 9.17) is 39.5 Å². The van der Waals surface area contributed by atoms with Gasteiger partial charge in [-0.2, -0.15) is 0 Å². The van der Waals surface area contributed by atoms with Gasteiger partial charge in [0.05, 0.1) is 10.6 Å². The van der Waals surface area contributed by atoms with E-state index >= 15 is 0 Å². The first-order valence-electron chi connectivity index (χ1n) is 5.88. The monoisotopic (exact) mass is 342 g/mol. The zero-order chi connectivity index (χ0) is 15.4. The highest BCUT2D eigenvalue weighted by Crippen LogP contribution is 2.21. The van der Waals surface area contributed by atoms with Crippen LogP contribution < -0.4 is 0 Å². The second-order valence-electron chi connectivity index (χ2n) is 4.13. The summed E-state index contributed by atoms with van der Waals surface area (Å²) >= 11 is 17.4. The lowest BCUT2D eigenvalue weighted by molar-refractivity contribution is 0.0475. The number of Topliss-reactive ketones (excluding diaryl/α,β-unsaturated/α-hetero) is 1. The zero-order valence-corrected chi connectivity index (χ0v) is 12.9. The molecule has 0 aliphatic heterocycles. The van der Waals surface area contributed by atoms with Crippen molar-refractivity contribution < 1.29 is 14.3 Å². The van der Waals surface area contributed by atoms with Gasteiger partial charge in [0.15, 0.2) is 6.61 Å². The maximum atomic E-state index is 11.9. The molecule has 0 N–H and O–H groups in total. The Morgan fingerprint density at radius 1 is 0.905 bits per heavy atom. The highest BCUT2D eigenvalue weighted by atomic mass is 35.5. The van der Waals surface area contributed by atoms with Crippen molar-refractivity contribution in [3.05, 3.63) is 68.7 Å². The normalized spacial score (nSPS) is 10.2. The Hall–Kier alpha value is -1.55. The molecule has 0 atom stereocenters. The van der Waals surface area contributed by atoms with Gasteiger partial charge in [-0.3, -0.25) is 4.79 Å². The summed E-state index contributed by atoms with van der Waals surface area (Å²) in [5, 5.41) is 1.15. The summed E-state index contributed by atoms with van der Waals surface area (Å²) in [7, 11) is 0. The Labute approximate surface area is 136 Å². The van der Waals surface area contributed by atoms with E-state index in [1.165, 1.54) is 24.3 Å². The van der Waals surface area contributed by atoms with Crippen molar-refractivity contribution in [2.75, 3.05) is 6.61 Å². The van der Waals surface area contributed by atoms with E-state index < -0.39 is 18.4 Å². The molecule has 0 unspecified atom stereocenters. The number of hydrogen-bond acceptors (Lipinski definition) is 3. The number of ketones is 1. The second-order valence-corrected chi connectivity index (χ2v) is 5.41. The number of benzene rings is 2. The predicted molar refractivity (Wildman–Crippen MR) is 82.5 cm³/mol. The van der Waals surface area contributed by atoms with Crippen molar-refractivity contribution >= 4 is 46.6 Å². The van der Waals surface area contributed by atoms with Crippen LogP contribution in [-0.2, 0) is 4.74 Å². The quantitative estimate of drug-likeness (QED) is 0.597. The van der Waals surface area contributed by atoms with Gasteiger partial charge in [0, 0.05) is 15.6 Å². The smallest absolute Gasteiger partial charge is 0.338 e. The molecule has 6 heteroatoms. The number of ether oxygens (including phenoxy) is 1. The highest BCUT2D eigenvalue weighted by molar-refractivity contribution is 6.36. The Balaban J connectivity index is 2.00. The van der Waals surface area contributed by atoms with Crippen LogP contribution in [-0.4, -0.2) is 18.4 Å². The summed E-state index contributed by atoms with van der Waals surface area (Å²) in [4.78, 5) is 23.7. The summed E-state index contributed by atoms with van der Waals surface area (Å²) in [6, 6.07) is 10.7. The molecule has 0 bridgehead atoms. The fourth-order valence-corrected chi connectivity index (χ4v) is 2.23. The average molecular weight is 344 g/mol. The standard InChI is InChI=1S/C15H9Cl3O3/c16-10-3-1-9(2-4-10)15(20)21-8-14(19)12-6-5-11(17)7-13(12)18/h1-7H,8H2. The molecule has 3 nitrogen and oxygen atoms in total. The Kier molecular flexibility index (Phi) is 5.23. The third-order valence-electron chi connectivity index (χ3n) is 2.65. The third kappa shape index (κ3) is 4.21. The van der Waals surface area contributed by atoms with E-state index in [0.29, 0.717) is 15.6 Å². The van der Waals surface area contributed by atoms with Crippen molar-refractivity contribution in [3.8, 4) is 0 Å². The first kappa shape index (κ1) is 15.8. The Morgan fingerprint density at radius 2 is 1.52 bits per heavy atom. The molecule has 2 aromatic rings. The number of carbonyl (C=O) groups is 2. The van der Waals surface area contributed by atoms with E-state index in [-0.39, 0.29) is 10.6 Å². The largest absolute Gasteiger partial charge is 0.454 e. The van der Waals surface area contributed by atoms with Crippen molar-refractivity contribution in [1.29, 1.82) is 0 Å². The number of carbonyl (C=O) groups excluding carboxylic acids is 2. The minimum absolute atomic E-state index is 0.218. The van der Waals surface area contributed by atoms with E-state index in [2.05, 4.69) is 0 Å². The molecular weight excluding hydrogens is 335 g/mol. The predicted octanol–water partition coefficient (Wildman–Crippen LogP) is 4.69. The van der Waals surface area contributed by atoms with E-state index in [1.807, 2.05) is 0 Å². The average Bonchev–Trinajstić information content (AvgIpc) is 2.45. The molecule has 21 heavy (non-hydrogen) atoms. The minimum Gasteiger partial charge on any atom is -0.454 e. The van der Waals surface area contributed by atoms with E-state index in [9.17, 15) is 9.59 Å². The lowest BCUT2D eigenvalue weighted by atomic mass is 10.1. The molecule has 2 rings (SSSR count). The van der Waals surface area contributed by atoms with Gasteiger partial charge in [-0.05, 0) is 42.5 Å². The maximum absolute atomic E-state index is 11.9. The Bertz CT molecular complexity index is 681. The lowest BCUT2D eigenvalue weighted by Gasteiger charge is -2.06. The van der Waals surface area contributed by atoms with Gasteiger partial charge in [0.1, 0.15) is 0 Å².